The highest BCUT2D eigenvalue weighted by atomic mass is 16.5. The topological polar surface area (TPSA) is 12.5 Å². The summed E-state index contributed by atoms with van der Waals surface area (Å²) in [5.74, 6) is 3.73. The van der Waals surface area contributed by atoms with Gasteiger partial charge in [-0.3, -0.25) is 0 Å². The lowest BCUT2D eigenvalue weighted by Crippen LogP contribution is -2.43. The standard InChI is InChI=1S/C26H33NO/c1-18-5-3-4-6-23(18)21-9-10-26(28-2)24(17-21)20-11-13-27(14-12-20)25-16-19-7-8-22(25)15-19/h3-6,9-10,17,19-20,22,25H,7-8,11-16H2,1-2H3/t19-,22-,25+/m0/s1. The van der Waals surface area contributed by atoms with E-state index in [2.05, 4.69) is 54.3 Å². The van der Waals surface area contributed by atoms with E-state index >= 15 is 0 Å². The largest absolute Gasteiger partial charge is 0.496 e. The first-order valence-electron chi connectivity index (χ1n) is 11.2. The summed E-state index contributed by atoms with van der Waals surface area (Å²) in [6, 6.07) is 16.4. The minimum Gasteiger partial charge on any atom is -0.496 e. The van der Waals surface area contributed by atoms with Gasteiger partial charge in [0.05, 0.1) is 7.11 Å². The number of ether oxygens (including phenoxy) is 1. The van der Waals surface area contributed by atoms with Gasteiger partial charge in [0.25, 0.3) is 0 Å². The van der Waals surface area contributed by atoms with Gasteiger partial charge in [-0.05, 0) is 104 Å². The number of rotatable bonds is 4. The van der Waals surface area contributed by atoms with Crippen molar-refractivity contribution in [3.8, 4) is 16.9 Å². The van der Waals surface area contributed by atoms with Crippen LogP contribution < -0.4 is 4.74 Å². The molecule has 0 N–H and O–H groups in total. The summed E-state index contributed by atoms with van der Waals surface area (Å²) in [6.45, 7) is 4.72. The zero-order valence-corrected chi connectivity index (χ0v) is 17.4. The molecular formula is C26H33NO. The molecule has 2 bridgehead atoms. The molecule has 3 aliphatic rings. The first-order chi connectivity index (χ1) is 13.7. The number of nitrogens with zero attached hydrogens (tertiary/aromatic N) is 1. The molecule has 0 radical (unpaired) electrons. The van der Waals surface area contributed by atoms with Crippen LogP contribution in [0.4, 0.5) is 0 Å². The van der Waals surface area contributed by atoms with Crippen molar-refractivity contribution < 1.29 is 4.74 Å². The van der Waals surface area contributed by atoms with Crippen molar-refractivity contribution in [2.24, 2.45) is 11.8 Å². The van der Waals surface area contributed by atoms with E-state index in [4.69, 9.17) is 4.74 Å². The van der Waals surface area contributed by atoms with Crippen molar-refractivity contribution in [3.05, 3.63) is 53.6 Å². The Morgan fingerprint density at radius 2 is 1.75 bits per heavy atom. The SMILES string of the molecule is COc1ccc(-c2ccccc2C)cc1C1CCN([C@@H]2C[C@H]3CC[C@H]2C3)CC1. The Bertz CT molecular complexity index is 836. The summed E-state index contributed by atoms with van der Waals surface area (Å²) in [6.07, 6.45) is 8.50. The van der Waals surface area contributed by atoms with E-state index < -0.39 is 0 Å². The first-order valence-corrected chi connectivity index (χ1v) is 11.2. The Morgan fingerprint density at radius 3 is 2.43 bits per heavy atom. The van der Waals surface area contributed by atoms with Crippen molar-refractivity contribution in [2.75, 3.05) is 20.2 Å². The summed E-state index contributed by atoms with van der Waals surface area (Å²) in [5.41, 5.74) is 5.41. The summed E-state index contributed by atoms with van der Waals surface area (Å²) in [5, 5.41) is 0. The van der Waals surface area contributed by atoms with E-state index in [0.717, 1.165) is 23.6 Å². The van der Waals surface area contributed by atoms with Gasteiger partial charge in [0, 0.05) is 6.04 Å². The Morgan fingerprint density at radius 1 is 0.929 bits per heavy atom. The first kappa shape index (κ1) is 18.2. The zero-order chi connectivity index (χ0) is 19.1. The van der Waals surface area contributed by atoms with Crippen LogP contribution in [0, 0.1) is 18.8 Å². The lowest BCUT2D eigenvalue weighted by atomic mass is 9.85. The molecule has 2 nitrogen and oxygen atoms in total. The predicted molar refractivity (Wildman–Crippen MR) is 116 cm³/mol. The van der Waals surface area contributed by atoms with Crippen LogP contribution in [-0.4, -0.2) is 31.1 Å². The predicted octanol–water partition coefficient (Wildman–Crippen LogP) is 6.04. The Hall–Kier alpha value is -1.80. The molecule has 1 aliphatic heterocycles. The van der Waals surface area contributed by atoms with Crippen molar-refractivity contribution in [3.63, 3.8) is 0 Å². The van der Waals surface area contributed by atoms with Crippen molar-refractivity contribution >= 4 is 0 Å². The fourth-order valence-corrected chi connectivity index (χ4v) is 6.32. The van der Waals surface area contributed by atoms with Gasteiger partial charge in [0.15, 0.2) is 0 Å². The molecule has 0 amide bonds. The molecule has 0 unspecified atom stereocenters. The minimum absolute atomic E-state index is 0.619. The van der Waals surface area contributed by atoms with Gasteiger partial charge < -0.3 is 9.64 Å². The van der Waals surface area contributed by atoms with Gasteiger partial charge in [0.1, 0.15) is 5.75 Å². The van der Waals surface area contributed by atoms with Crippen molar-refractivity contribution in [1.29, 1.82) is 0 Å². The number of aryl methyl sites for hydroxylation is 1. The summed E-state index contributed by atoms with van der Waals surface area (Å²) in [4.78, 5) is 2.83. The third-order valence-electron chi connectivity index (χ3n) is 7.82. The number of hydrogen-bond donors (Lipinski definition) is 0. The number of hydrogen-bond acceptors (Lipinski definition) is 2. The highest BCUT2D eigenvalue weighted by Gasteiger charge is 2.43. The van der Waals surface area contributed by atoms with Gasteiger partial charge in [-0.25, -0.2) is 0 Å². The number of likely N-dealkylation sites (tertiary alicyclic amines) is 1. The van der Waals surface area contributed by atoms with Gasteiger partial charge >= 0.3 is 0 Å². The van der Waals surface area contributed by atoms with Crippen molar-refractivity contribution in [1.82, 2.24) is 4.90 Å². The van der Waals surface area contributed by atoms with E-state index in [1.54, 1.807) is 0 Å². The van der Waals surface area contributed by atoms with Crippen LogP contribution in [0.15, 0.2) is 42.5 Å². The molecule has 5 rings (SSSR count). The fraction of sp³-hybridized carbons (Fsp3) is 0.538. The molecule has 148 valence electrons. The molecule has 2 heteroatoms. The second-order valence-corrected chi connectivity index (χ2v) is 9.32. The van der Waals surface area contributed by atoms with E-state index in [1.165, 1.54) is 73.9 Å². The molecular weight excluding hydrogens is 342 g/mol. The summed E-state index contributed by atoms with van der Waals surface area (Å²) < 4.78 is 5.77. The van der Waals surface area contributed by atoms with Crippen LogP contribution in [-0.2, 0) is 0 Å². The maximum Gasteiger partial charge on any atom is 0.122 e. The molecule has 0 spiro atoms. The summed E-state index contributed by atoms with van der Waals surface area (Å²) in [7, 11) is 1.82. The Kier molecular flexibility index (Phi) is 4.92. The normalized spacial score (nSPS) is 28.0. The quantitative estimate of drug-likeness (QED) is 0.646. The van der Waals surface area contributed by atoms with E-state index in [1.807, 2.05) is 7.11 Å². The summed E-state index contributed by atoms with van der Waals surface area (Å²) >= 11 is 0. The monoisotopic (exact) mass is 375 g/mol. The van der Waals surface area contributed by atoms with Crippen LogP contribution in [0.1, 0.15) is 55.6 Å². The maximum atomic E-state index is 5.77. The minimum atomic E-state index is 0.619. The molecule has 2 aliphatic carbocycles. The van der Waals surface area contributed by atoms with E-state index in [9.17, 15) is 0 Å². The maximum absolute atomic E-state index is 5.77. The van der Waals surface area contributed by atoms with Crippen LogP contribution >= 0.6 is 0 Å². The zero-order valence-electron chi connectivity index (χ0n) is 17.4. The fourth-order valence-electron chi connectivity index (χ4n) is 6.32. The smallest absolute Gasteiger partial charge is 0.122 e. The van der Waals surface area contributed by atoms with Crippen LogP contribution in [0.25, 0.3) is 11.1 Å². The molecule has 3 atom stereocenters. The van der Waals surface area contributed by atoms with Gasteiger partial charge in [-0.1, -0.05) is 36.8 Å². The third-order valence-corrected chi connectivity index (χ3v) is 7.82. The second kappa shape index (κ2) is 7.55. The lowest BCUT2D eigenvalue weighted by molar-refractivity contribution is 0.110. The molecule has 1 saturated heterocycles. The Balaban J connectivity index is 1.34. The molecule has 0 aromatic heterocycles. The molecule has 2 aromatic carbocycles. The molecule has 28 heavy (non-hydrogen) atoms. The van der Waals surface area contributed by atoms with E-state index in [0.29, 0.717) is 5.92 Å². The molecule has 1 heterocycles. The lowest BCUT2D eigenvalue weighted by Gasteiger charge is -2.40. The van der Waals surface area contributed by atoms with Gasteiger partial charge in [0.2, 0.25) is 0 Å². The average Bonchev–Trinajstić information content (AvgIpc) is 3.38. The molecule has 3 fully saturated rings. The third kappa shape index (κ3) is 3.26. The second-order valence-electron chi connectivity index (χ2n) is 9.32. The van der Waals surface area contributed by atoms with Crippen LogP contribution in [0.2, 0.25) is 0 Å². The highest BCUT2D eigenvalue weighted by molar-refractivity contribution is 5.69. The number of piperidine rings is 1. The number of benzene rings is 2. The van der Waals surface area contributed by atoms with Crippen molar-refractivity contribution in [2.45, 2.75) is 57.4 Å². The molecule has 2 saturated carbocycles. The number of fused-ring (bicyclic) bond motifs is 2. The Labute approximate surface area is 169 Å². The van der Waals surface area contributed by atoms with Crippen LogP contribution in [0.3, 0.4) is 0 Å². The van der Waals surface area contributed by atoms with E-state index in [-0.39, 0.29) is 0 Å². The highest BCUT2D eigenvalue weighted by Crippen LogP contribution is 2.48. The number of methoxy groups -OCH3 is 1. The average molecular weight is 376 g/mol. The van der Waals surface area contributed by atoms with Gasteiger partial charge in [-0.2, -0.15) is 0 Å². The van der Waals surface area contributed by atoms with Gasteiger partial charge in [-0.15, -0.1) is 0 Å². The molecule has 2 aromatic rings. The van der Waals surface area contributed by atoms with Crippen LogP contribution in [0.5, 0.6) is 5.75 Å².